The van der Waals surface area contributed by atoms with E-state index in [0.29, 0.717) is 0 Å². The molecule has 1 heteroatoms. The van der Waals surface area contributed by atoms with Crippen molar-refractivity contribution >= 4 is 6.08 Å². The smallest absolute Gasteiger partial charge is 0.0577 e. The van der Waals surface area contributed by atoms with E-state index >= 15 is 0 Å². The molecule has 0 spiro atoms. The Kier molecular flexibility index (Phi) is 3.81. The Bertz CT molecular complexity index is 324. The van der Waals surface area contributed by atoms with Crippen molar-refractivity contribution in [1.82, 2.24) is 5.32 Å². The summed E-state index contributed by atoms with van der Waals surface area (Å²) in [4.78, 5) is 0. The zero-order valence-corrected chi connectivity index (χ0v) is 7.80. The summed E-state index contributed by atoms with van der Waals surface area (Å²) in [5.74, 6) is 6.05. The average Bonchev–Trinajstić information content (AvgIpc) is 2.19. The SMILES string of the molecule is C=Cc1ccc(C#CCNC)cc1. The second-order valence-electron chi connectivity index (χ2n) is 2.66. The zero-order chi connectivity index (χ0) is 9.52. The molecule has 0 fully saturated rings. The van der Waals surface area contributed by atoms with Crippen LogP contribution in [-0.4, -0.2) is 13.6 Å². The highest BCUT2D eigenvalue weighted by Gasteiger charge is 1.86. The summed E-state index contributed by atoms with van der Waals surface area (Å²) < 4.78 is 0. The van der Waals surface area contributed by atoms with Gasteiger partial charge in [-0.05, 0) is 24.7 Å². The van der Waals surface area contributed by atoms with Crippen molar-refractivity contribution in [3.05, 3.63) is 42.0 Å². The Morgan fingerprint density at radius 1 is 1.38 bits per heavy atom. The van der Waals surface area contributed by atoms with Crippen LogP contribution >= 0.6 is 0 Å². The van der Waals surface area contributed by atoms with Crippen LogP contribution in [0.3, 0.4) is 0 Å². The van der Waals surface area contributed by atoms with Gasteiger partial charge >= 0.3 is 0 Å². The van der Waals surface area contributed by atoms with Crippen molar-refractivity contribution in [2.24, 2.45) is 0 Å². The molecule has 0 heterocycles. The molecular weight excluding hydrogens is 158 g/mol. The molecule has 1 nitrogen and oxygen atoms in total. The quantitative estimate of drug-likeness (QED) is 0.670. The van der Waals surface area contributed by atoms with Crippen molar-refractivity contribution in [3.63, 3.8) is 0 Å². The molecule has 66 valence electrons. The van der Waals surface area contributed by atoms with Gasteiger partial charge in [-0.3, -0.25) is 0 Å². The fourth-order valence-corrected chi connectivity index (χ4v) is 0.937. The first-order valence-electron chi connectivity index (χ1n) is 4.23. The second kappa shape index (κ2) is 5.18. The van der Waals surface area contributed by atoms with Gasteiger partial charge in [0.2, 0.25) is 0 Å². The summed E-state index contributed by atoms with van der Waals surface area (Å²) in [6.45, 7) is 4.42. The van der Waals surface area contributed by atoms with E-state index in [0.717, 1.165) is 17.7 Å². The minimum atomic E-state index is 0.725. The summed E-state index contributed by atoms with van der Waals surface area (Å²) >= 11 is 0. The third-order valence-corrected chi connectivity index (χ3v) is 1.64. The molecule has 0 aliphatic heterocycles. The third kappa shape index (κ3) is 3.14. The molecule has 0 amide bonds. The van der Waals surface area contributed by atoms with Crippen molar-refractivity contribution in [1.29, 1.82) is 0 Å². The van der Waals surface area contributed by atoms with E-state index < -0.39 is 0 Å². The maximum absolute atomic E-state index is 3.69. The van der Waals surface area contributed by atoms with Crippen molar-refractivity contribution < 1.29 is 0 Å². The highest BCUT2D eigenvalue weighted by atomic mass is 14.8. The van der Waals surface area contributed by atoms with Crippen LogP contribution < -0.4 is 5.32 Å². The topological polar surface area (TPSA) is 12.0 Å². The van der Waals surface area contributed by atoms with Gasteiger partial charge in [0.25, 0.3) is 0 Å². The Hall–Kier alpha value is -1.52. The van der Waals surface area contributed by atoms with Gasteiger partial charge in [-0.15, -0.1) is 0 Å². The van der Waals surface area contributed by atoms with Gasteiger partial charge in [-0.25, -0.2) is 0 Å². The van der Waals surface area contributed by atoms with Crippen LogP contribution in [0.5, 0.6) is 0 Å². The van der Waals surface area contributed by atoms with Crippen LogP contribution in [0.2, 0.25) is 0 Å². The van der Waals surface area contributed by atoms with E-state index in [9.17, 15) is 0 Å². The van der Waals surface area contributed by atoms with Gasteiger partial charge in [-0.2, -0.15) is 0 Å². The molecule has 0 aromatic heterocycles. The number of hydrogen-bond acceptors (Lipinski definition) is 1. The largest absolute Gasteiger partial charge is 0.309 e. The van der Waals surface area contributed by atoms with Crippen LogP contribution in [0.4, 0.5) is 0 Å². The zero-order valence-electron chi connectivity index (χ0n) is 7.80. The molecular formula is C12H13N. The lowest BCUT2D eigenvalue weighted by molar-refractivity contribution is 0.938. The Morgan fingerprint density at radius 2 is 2.08 bits per heavy atom. The highest BCUT2D eigenvalue weighted by Crippen LogP contribution is 2.03. The van der Waals surface area contributed by atoms with E-state index in [4.69, 9.17) is 0 Å². The highest BCUT2D eigenvalue weighted by molar-refractivity contribution is 5.49. The maximum atomic E-state index is 3.69. The van der Waals surface area contributed by atoms with Crippen LogP contribution in [0, 0.1) is 11.8 Å². The first kappa shape index (κ1) is 9.57. The summed E-state index contributed by atoms with van der Waals surface area (Å²) in [7, 11) is 1.88. The lowest BCUT2D eigenvalue weighted by atomic mass is 10.1. The molecule has 0 unspecified atom stereocenters. The van der Waals surface area contributed by atoms with Crippen molar-refractivity contribution in [2.45, 2.75) is 0 Å². The van der Waals surface area contributed by atoms with E-state index in [1.165, 1.54) is 0 Å². The fraction of sp³-hybridized carbons (Fsp3) is 0.167. The van der Waals surface area contributed by atoms with Crippen LogP contribution in [0.1, 0.15) is 11.1 Å². The molecule has 0 radical (unpaired) electrons. The lowest BCUT2D eigenvalue weighted by Crippen LogP contribution is -2.04. The van der Waals surface area contributed by atoms with Crippen molar-refractivity contribution in [3.8, 4) is 11.8 Å². The van der Waals surface area contributed by atoms with Gasteiger partial charge in [0.05, 0.1) is 6.54 Å². The molecule has 0 aliphatic rings. The first-order chi connectivity index (χ1) is 6.36. The molecule has 1 aromatic carbocycles. The number of benzene rings is 1. The van der Waals surface area contributed by atoms with Crippen LogP contribution in [0.15, 0.2) is 30.8 Å². The first-order valence-corrected chi connectivity index (χ1v) is 4.23. The minimum absolute atomic E-state index is 0.725. The van der Waals surface area contributed by atoms with Crippen LogP contribution in [-0.2, 0) is 0 Å². The third-order valence-electron chi connectivity index (χ3n) is 1.64. The Morgan fingerprint density at radius 3 is 2.62 bits per heavy atom. The predicted octanol–water partition coefficient (Wildman–Crippen LogP) is 1.90. The number of rotatable bonds is 2. The Balaban J connectivity index is 2.71. The average molecular weight is 171 g/mol. The van der Waals surface area contributed by atoms with Gasteiger partial charge in [0.1, 0.15) is 0 Å². The molecule has 1 N–H and O–H groups in total. The minimum Gasteiger partial charge on any atom is -0.309 e. The van der Waals surface area contributed by atoms with Gasteiger partial charge in [-0.1, -0.05) is 36.6 Å². The van der Waals surface area contributed by atoms with E-state index in [2.05, 4.69) is 23.7 Å². The molecule has 0 bridgehead atoms. The standard InChI is InChI=1S/C12H13N/c1-3-11-6-8-12(9-7-11)5-4-10-13-2/h3,6-9,13H,1,10H2,2H3. The van der Waals surface area contributed by atoms with E-state index in [1.807, 2.05) is 37.4 Å². The summed E-state index contributed by atoms with van der Waals surface area (Å²) in [5, 5.41) is 2.97. The molecule has 1 aromatic rings. The van der Waals surface area contributed by atoms with E-state index in [-0.39, 0.29) is 0 Å². The van der Waals surface area contributed by atoms with Crippen molar-refractivity contribution in [2.75, 3.05) is 13.6 Å². The van der Waals surface area contributed by atoms with Gasteiger partial charge < -0.3 is 5.32 Å². The summed E-state index contributed by atoms with van der Waals surface area (Å²) in [5.41, 5.74) is 2.17. The number of hydrogen-bond donors (Lipinski definition) is 1. The number of nitrogens with one attached hydrogen (secondary N) is 1. The molecule has 13 heavy (non-hydrogen) atoms. The van der Waals surface area contributed by atoms with Gasteiger partial charge in [0, 0.05) is 5.56 Å². The van der Waals surface area contributed by atoms with Crippen LogP contribution in [0.25, 0.3) is 6.08 Å². The normalized spacial score (nSPS) is 8.69. The molecule has 0 saturated heterocycles. The molecule has 0 atom stereocenters. The Labute approximate surface area is 79.5 Å². The second-order valence-corrected chi connectivity index (χ2v) is 2.66. The maximum Gasteiger partial charge on any atom is 0.0577 e. The van der Waals surface area contributed by atoms with Gasteiger partial charge in [0.15, 0.2) is 0 Å². The molecule has 0 aliphatic carbocycles. The summed E-state index contributed by atoms with van der Waals surface area (Å²) in [6.07, 6.45) is 1.82. The monoisotopic (exact) mass is 171 g/mol. The fourth-order valence-electron chi connectivity index (χ4n) is 0.937. The molecule has 1 rings (SSSR count). The predicted molar refractivity (Wildman–Crippen MR) is 57.3 cm³/mol. The summed E-state index contributed by atoms with van der Waals surface area (Å²) in [6, 6.07) is 8.02. The van der Waals surface area contributed by atoms with E-state index in [1.54, 1.807) is 0 Å². The lowest BCUT2D eigenvalue weighted by Gasteiger charge is -1.92. The molecule has 0 saturated carbocycles.